The quantitative estimate of drug-likeness (QED) is 0.498. The van der Waals surface area contributed by atoms with Gasteiger partial charge in [-0.25, -0.2) is 5.48 Å². The maximum absolute atomic E-state index is 11.2. The molecule has 0 aliphatic carbocycles. The van der Waals surface area contributed by atoms with Crippen LogP contribution < -0.4 is 5.48 Å². The van der Waals surface area contributed by atoms with E-state index in [1.54, 1.807) is 6.92 Å². The molecule has 6 nitrogen and oxygen atoms in total. The second kappa shape index (κ2) is 5.45. The van der Waals surface area contributed by atoms with Crippen molar-refractivity contribution in [3.63, 3.8) is 0 Å². The average Bonchev–Trinajstić information content (AvgIpc) is 2.53. The van der Waals surface area contributed by atoms with E-state index in [1.807, 2.05) is 0 Å². The first kappa shape index (κ1) is 11.6. The molecule has 1 saturated heterocycles. The van der Waals surface area contributed by atoms with Crippen molar-refractivity contribution in [1.82, 2.24) is 10.4 Å². The van der Waals surface area contributed by atoms with Crippen LogP contribution in [0.15, 0.2) is 0 Å². The third-order valence-electron chi connectivity index (χ3n) is 2.05. The summed E-state index contributed by atoms with van der Waals surface area (Å²) in [5.41, 5.74) is 2.20. The summed E-state index contributed by atoms with van der Waals surface area (Å²) >= 11 is 0. The topological polar surface area (TPSA) is 75.7 Å². The smallest absolute Gasteiger partial charge is 0.245 e. The van der Waals surface area contributed by atoms with E-state index in [4.69, 9.17) is 0 Å². The molecule has 0 saturated carbocycles. The van der Waals surface area contributed by atoms with Gasteiger partial charge in [-0.3, -0.25) is 24.1 Å². The summed E-state index contributed by atoms with van der Waals surface area (Å²) in [7, 11) is 0. The number of carbonyl (C=O) groups is 3. The lowest BCUT2D eigenvalue weighted by Gasteiger charge is -2.12. The van der Waals surface area contributed by atoms with E-state index in [-0.39, 0.29) is 43.5 Å². The molecule has 0 unspecified atom stereocenters. The van der Waals surface area contributed by atoms with Crippen molar-refractivity contribution in [2.75, 3.05) is 13.2 Å². The average molecular weight is 214 g/mol. The van der Waals surface area contributed by atoms with Crippen molar-refractivity contribution in [1.29, 1.82) is 0 Å². The first-order valence-electron chi connectivity index (χ1n) is 4.89. The molecule has 0 aromatic rings. The second-order valence-corrected chi connectivity index (χ2v) is 3.15. The predicted molar refractivity (Wildman–Crippen MR) is 50.3 cm³/mol. The van der Waals surface area contributed by atoms with Crippen LogP contribution in [0.3, 0.4) is 0 Å². The Balaban J connectivity index is 2.27. The molecule has 0 aromatic heterocycles. The van der Waals surface area contributed by atoms with Gasteiger partial charge < -0.3 is 0 Å². The van der Waals surface area contributed by atoms with Gasteiger partial charge in [0.2, 0.25) is 17.7 Å². The van der Waals surface area contributed by atoms with Crippen LogP contribution in [0.5, 0.6) is 0 Å². The van der Waals surface area contributed by atoms with Gasteiger partial charge in [-0.15, -0.1) is 0 Å². The highest BCUT2D eigenvalue weighted by atomic mass is 16.6. The molecular formula is C9H14N2O4. The second-order valence-electron chi connectivity index (χ2n) is 3.15. The number of rotatable bonds is 5. The molecule has 1 rings (SSSR count). The lowest BCUT2D eigenvalue weighted by atomic mass is 10.4. The number of amides is 3. The Labute approximate surface area is 87.5 Å². The third-order valence-corrected chi connectivity index (χ3v) is 2.05. The van der Waals surface area contributed by atoms with Gasteiger partial charge >= 0.3 is 0 Å². The minimum Gasteiger partial charge on any atom is -0.282 e. The number of imide groups is 1. The summed E-state index contributed by atoms with van der Waals surface area (Å²) in [4.78, 5) is 39.2. The number of hydrogen-bond acceptors (Lipinski definition) is 4. The summed E-state index contributed by atoms with van der Waals surface area (Å²) in [5, 5.41) is 0. The zero-order chi connectivity index (χ0) is 11.3. The Morgan fingerprint density at radius 2 is 2.00 bits per heavy atom. The molecule has 3 amide bonds. The van der Waals surface area contributed by atoms with Gasteiger partial charge in [0.05, 0.1) is 6.61 Å². The van der Waals surface area contributed by atoms with Crippen LogP contribution in [0.1, 0.15) is 26.2 Å². The number of nitrogens with zero attached hydrogens (tertiary/aromatic N) is 1. The molecule has 1 heterocycles. The highest BCUT2D eigenvalue weighted by molar-refractivity contribution is 6.02. The lowest BCUT2D eigenvalue weighted by molar-refractivity contribution is -0.139. The predicted octanol–water partition coefficient (Wildman–Crippen LogP) is -0.407. The van der Waals surface area contributed by atoms with Crippen molar-refractivity contribution < 1.29 is 19.2 Å². The minimum atomic E-state index is -0.329. The van der Waals surface area contributed by atoms with Crippen LogP contribution in [0, 0.1) is 0 Å². The zero-order valence-corrected chi connectivity index (χ0v) is 8.62. The molecule has 84 valence electrons. The van der Waals surface area contributed by atoms with E-state index in [9.17, 15) is 14.4 Å². The van der Waals surface area contributed by atoms with E-state index < -0.39 is 0 Å². The molecule has 1 aliphatic heterocycles. The highest BCUT2D eigenvalue weighted by Crippen LogP contribution is 2.11. The molecule has 0 aromatic carbocycles. The molecule has 0 spiro atoms. The molecule has 6 heteroatoms. The van der Waals surface area contributed by atoms with Crippen LogP contribution >= 0.6 is 0 Å². The van der Waals surface area contributed by atoms with Crippen LogP contribution in [0.4, 0.5) is 0 Å². The first-order valence-corrected chi connectivity index (χ1v) is 4.89. The van der Waals surface area contributed by atoms with E-state index in [2.05, 4.69) is 10.3 Å². The van der Waals surface area contributed by atoms with E-state index in [0.717, 1.165) is 4.90 Å². The molecule has 0 radical (unpaired) electrons. The Morgan fingerprint density at radius 3 is 2.53 bits per heavy atom. The third kappa shape index (κ3) is 3.32. The summed E-state index contributed by atoms with van der Waals surface area (Å²) in [6.07, 6.45) is 0.593. The maximum atomic E-state index is 11.2. The summed E-state index contributed by atoms with van der Waals surface area (Å²) < 4.78 is 0. The highest BCUT2D eigenvalue weighted by Gasteiger charge is 2.28. The number of hydroxylamine groups is 1. The lowest BCUT2D eigenvalue weighted by Crippen LogP contribution is -2.34. The van der Waals surface area contributed by atoms with E-state index >= 15 is 0 Å². The van der Waals surface area contributed by atoms with Crippen molar-refractivity contribution in [3.8, 4) is 0 Å². The van der Waals surface area contributed by atoms with Crippen LogP contribution in [0.2, 0.25) is 0 Å². The van der Waals surface area contributed by atoms with Gasteiger partial charge in [-0.1, -0.05) is 0 Å². The van der Waals surface area contributed by atoms with Crippen LogP contribution in [0.25, 0.3) is 0 Å². The molecule has 1 fully saturated rings. The Bertz CT molecular complexity index is 261. The first-order chi connectivity index (χ1) is 7.15. The molecule has 1 aliphatic rings. The van der Waals surface area contributed by atoms with Gasteiger partial charge in [-0.05, 0) is 6.92 Å². The fraction of sp³-hybridized carbons (Fsp3) is 0.667. The standard InChI is InChI=1S/C9H14N2O4/c1-2-15-10-7(12)5-6-11-8(13)3-4-9(11)14/h2-6H2,1H3,(H,10,12). The molecular weight excluding hydrogens is 200 g/mol. The van der Waals surface area contributed by atoms with E-state index in [1.165, 1.54) is 0 Å². The van der Waals surface area contributed by atoms with E-state index in [0.29, 0.717) is 6.61 Å². The Hall–Kier alpha value is -1.43. The SMILES string of the molecule is CCONC(=O)CCN1C(=O)CCC1=O. The van der Waals surface area contributed by atoms with Crippen LogP contribution in [-0.2, 0) is 19.2 Å². The number of carbonyl (C=O) groups excluding carboxylic acids is 3. The summed E-state index contributed by atoms with van der Waals surface area (Å²) in [6, 6.07) is 0. The Kier molecular flexibility index (Phi) is 4.23. The normalized spacial score (nSPS) is 15.9. The van der Waals surface area contributed by atoms with Crippen molar-refractivity contribution in [3.05, 3.63) is 0 Å². The molecule has 1 N–H and O–H groups in total. The number of hydrogen-bond donors (Lipinski definition) is 1. The Morgan fingerprint density at radius 1 is 1.40 bits per heavy atom. The summed E-state index contributed by atoms with van der Waals surface area (Å²) in [5.74, 6) is -0.738. The monoisotopic (exact) mass is 214 g/mol. The number of likely N-dealkylation sites (tertiary alicyclic amines) is 1. The van der Waals surface area contributed by atoms with Gasteiger partial charge in [0.1, 0.15) is 0 Å². The molecule has 15 heavy (non-hydrogen) atoms. The largest absolute Gasteiger partial charge is 0.282 e. The van der Waals surface area contributed by atoms with Gasteiger partial charge in [-0.2, -0.15) is 0 Å². The van der Waals surface area contributed by atoms with Gasteiger partial charge in [0.15, 0.2) is 0 Å². The fourth-order valence-corrected chi connectivity index (χ4v) is 1.29. The van der Waals surface area contributed by atoms with Gasteiger partial charge in [0, 0.05) is 25.8 Å². The minimum absolute atomic E-state index is 0.0808. The maximum Gasteiger partial charge on any atom is 0.245 e. The van der Waals surface area contributed by atoms with Crippen molar-refractivity contribution in [2.45, 2.75) is 26.2 Å². The fourth-order valence-electron chi connectivity index (χ4n) is 1.29. The van der Waals surface area contributed by atoms with Gasteiger partial charge in [0.25, 0.3) is 0 Å². The van der Waals surface area contributed by atoms with Crippen molar-refractivity contribution in [2.24, 2.45) is 0 Å². The number of nitrogens with one attached hydrogen (secondary N) is 1. The molecule has 0 atom stereocenters. The zero-order valence-electron chi connectivity index (χ0n) is 8.62. The summed E-state index contributed by atoms with van der Waals surface area (Å²) in [6.45, 7) is 2.26. The van der Waals surface area contributed by atoms with Crippen molar-refractivity contribution >= 4 is 17.7 Å². The van der Waals surface area contributed by atoms with Crippen LogP contribution in [-0.4, -0.2) is 35.8 Å². The molecule has 0 bridgehead atoms.